The van der Waals surface area contributed by atoms with Crippen molar-refractivity contribution in [3.8, 4) is 0 Å². The molecule has 0 spiro atoms. The van der Waals surface area contributed by atoms with Gasteiger partial charge in [0.05, 0.1) is 6.04 Å². The number of amides is 2. The van der Waals surface area contributed by atoms with Crippen molar-refractivity contribution >= 4 is 17.8 Å². The topological polar surface area (TPSA) is 52.6 Å². The van der Waals surface area contributed by atoms with Crippen LogP contribution in [0.15, 0.2) is 30.3 Å². The molecule has 1 aromatic rings. The molecular weight excluding hydrogens is 296 g/mol. The predicted molar refractivity (Wildman–Crippen MR) is 92.1 cm³/mol. The molecule has 3 atom stereocenters. The molecular formula is C17H26N2O2S. The molecule has 5 heteroatoms. The first kappa shape index (κ1) is 17.2. The number of aliphatic hydroxyl groups excluding tert-OH is 1. The van der Waals surface area contributed by atoms with Gasteiger partial charge in [0.1, 0.15) is 0 Å². The van der Waals surface area contributed by atoms with Crippen LogP contribution in [0.1, 0.15) is 38.3 Å². The number of hydrogen-bond acceptors (Lipinski definition) is 3. The Morgan fingerprint density at radius 1 is 1.41 bits per heavy atom. The zero-order valence-corrected chi connectivity index (χ0v) is 14.2. The maximum atomic E-state index is 12.6. The van der Waals surface area contributed by atoms with Crippen LogP contribution in [-0.4, -0.2) is 46.2 Å². The molecule has 4 nitrogen and oxygen atoms in total. The Kier molecular flexibility index (Phi) is 6.58. The Bertz CT molecular complexity index is 469. The lowest BCUT2D eigenvalue weighted by molar-refractivity contribution is 0.174. The molecule has 1 fully saturated rings. The molecule has 2 amide bonds. The van der Waals surface area contributed by atoms with Crippen LogP contribution in [0, 0.1) is 0 Å². The van der Waals surface area contributed by atoms with E-state index >= 15 is 0 Å². The van der Waals surface area contributed by atoms with Gasteiger partial charge in [-0.1, -0.05) is 37.3 Å². The number of urea groups is 1. The van der Waals surface area contributed by atoms with E-state index < -0.39 is 0 Å². The lowest BCUT2D eigenvalue weighted by Gasteiger charge is -2.38. The second kappa shape index (κ2) is 8.44. The molecule has 22 heavy (non-hydrogen) atoms. The lowest BCUT2D eigenvalue weighted by Crippen LogP contribution is -2.52. The minimum absolute atomic E-state index is 0.00597. The van der Waals surface area contributed by atoms with Gasteiger partial charge < -0.3 is 15.3 Å². The minimum Gasteiger partial charge on any atom is -0.396 e. The van der Waals surface area contributed by atoms with Gasteiger partial charge in [0.15, 0.2) is 0 Å². The number of thioether (sulfide) groups is 1. The highest BCUT2D eigenvalue weighted by Gasteiger charge is 2.30. The number of rotatable bonds is 5. The van der Waals surface area contributed by atoms with Crippen molar-refractivity contribution < 1.29 is 9.90 Å². The average Bonchev–Trinajstić information content (AvgIpc) is 2.54. The molecule has 1 saturated heterocycles. The first-order chi connectivity index (χ1) is 10.6. The van der Waals surface area contributed by atoms with E-state index in [9.17, 15) is 4.79 Å². The summed E-state index contributed by atoms with van der Waals surface area (Å²) in [5.74, 6) is 0.992. The van der Waals surface area contributed by atoms with Gasteiger partial charge >= 0.3 is 6.03 Å². The Hall–Kier alpha value is -1.20. The standard InChI is InChI=1S/C17H26N2O2S/c1-13-14(2)22-12-10-19(13)17(21)18-16(9-6-11-20)15-7-4-3-5-8-15/h3-5,7-8,13-14,16,20H,6,9-12H2,1-2H3,(H,18,21). The molecule has 122 valence electrons. The van der Waals surface area contributed by atoms with Crippen LogP contribution in [0.25, 0.3) is 0 Å². The van der Waals surface area contributed by atoms with E-state index in [-0.39, 0.29) is 24.7 Å². The summed E-state index contributed by atoms with van der Waals surface area (Å²) in [5, 5.41) is 12.7. The molecule has 1 aliphatic rings. The first-order valence-corrected chi connectivity index (χ1v) is 9.03. The maximum Gasteiger partial charge on any atom is 0.318 e. The summed E-state index contributed by atoms with van der Waals surface area (Å²) in [6.07, 6.45) is 1.43. The number of nitrogens with one attached hydrogen (secondary N) is 1. The number of carbonyl (C=O) groups excluding carboxylic acids is 1. The second-order valence-corrected chi connectivity index (χ2v) is 7.27. The van der Waals surface area contributed by atoms with E-state index in [1.807, 2.05) is 47.0 Å². The maximum absolute atomic E-state index is 12.6. The van der Waals surface area contributed by atoms with Crippen LogP contribution in [0.3, 0.4) is 0 Å². The van der Waals surface area contributed by atoms with Crippen molar-refractivity contribution in [2.75, 3.05) is 18.9 Å². The Morgan fingerprint density at radius 3 is 2.82 bits per heavy atom. The third-order valence-electron chi connectivity index (χ3n) is 4.30. The highest BCUT2D eigenvalue weighted by molar-refractivity contribution is 8.00. The molecule has 2 rings (SSSR count). The van der Waals surface area contributed by atoms with Gasteiger partial charge in [-0.05, 0) is 25.3 Å². The van der Waals surface area contributed by atoms with E-state index in [1.54, 1.807) is 0 Å². The van der Waals surface area contributed by atoms with E-state index in [4.69, 9.17) is 5.11 Å². The van der Waals surface area contributed by atoms with Crippen molar-refractivity contribution in [3.05, 3.63) is 35.9 Å². The Balaban J connectivity index is 2.04. The molecule has 2 N–H and O–H groups in total. The summed E-state index contributed by atoms with van der Waals surface area (Å²) in [4.78, 5) is 14.6. The summed E-state index contributed by atoms with van der Waals surface area (Å²) in [6.45, 7) is 5.23. The minimum atomic E-state index is -0.0436. The predicted octanol–water partition coefficient (Wildman–Crippen LogP) is 3.04. The molecule has 0 radical (unpaired) electrons. The quantitative estimate of drug-likeness (QED) is 0.876. The van der Waals surface area contributed by atoms with Gasteiger partial charge in [-0.15, -0.1) is 0 Å². The number of nitrogens with zero attached hydrogens (tertiary/aromatic N) is 1. The monoisotopic (exact) mass is 322 g/mol. The summed E-state index contributed by atoms with van der Waals surface area (Å²) >= 11 is 1.92. The summed E-state index contributed by atoms with van der Waals surface area (Å²) < 4.78 is 0. The second-order valence-electron chi connectivity index (χ2n) is 5.79. The van der Waals surface area contributed by atoms with Crippen LogP contribution in [0.5, 0.6) is 0 Å². The molecule has 0 aliphatic carbocycles. The molecule has 0 aromatic heterocycles. The van der Waals surface area contributed by atoms with Crippen molar-refractivity contribution in [1.82, 2.24) is 10.2 Å². The summed E-state index contributed by atoms with van der Waals surface area (Å²) in [7, 11) is 0. The van der Waals surface area contributed by atoms with Gasteiger partial charge in [-0.3, -0.25) is 0 Å². The smallest absolute Gasteiger partial charge is 0.318 e. The molecule has 1 aromatic carbocycles. The fourth-order valence-corrected chi connectivity index (χ4v) is 3.85. The van der Waals surface area contributed by atoms with Crippen molar-refractivity contribution in [1.29, 1.82) is 0 Å². The van der Waals surface area contributed by atoms with Gasteiger partial charge in [-0.25, -0.2) is 4.79 Å². The van der Waals surface area contributed by atoms with Crippen LogP contribution in [-0.2, 0) is 0 Å². The third kappa shape index (κ3) is 4.40. The van der Waals surface area contributed by atoms with Gasteiger partial charge in [-0.2, -0.15) is 11.8 Å². The Labute approximate surface area is 137 Å². The van der Waals surface area contributed by atoms with Gasteiger partial charge in [0, 0.05) is 30.2 Å². The molecule has 0 bridgehead atoms. The zero-order valence-electron chi connectivity index (χ0n) is 13.4. The molecule has 1 aliphatic heterocycles. The van der Waals surface area contributed by atoms with E-state index in [0.29, 0.717) is 11.7 Å². The zero-order chi connectivity index (χ0) is 15.9. The number of carbonyl (C=O) groups is 1. The van der Waals surface area contributed by atoms with Crippen LogP contribution in [0.4, 0.5) is 4.79 Å². The van der Waals surface area contributed by atoms with E-state index in [0.717, 1.165) is 24.3 Å². The average molecular weight is 322 g/mol. The summed E-state index contributed by atoms with van der Waals surface area (Å²) in [5.41, 5.74) is 1.09. The van der Waals surface area contributed by atoms with E-state index in [1.165, 1.54) is 0 Å². The normalized spacial score (nSPS) is 23.1. The fraction of sp³-hybridized carbons (Fsp3) is 0.588. The van der Waals surface area contributed by atoms with Crippen LogP contribution in [0.2, 0.25) is 0 Å². The summed E-state index contributed by atoms with van der Waals surface area (Å²) in [6, 6.07) is 10.2. The highest BCUT2D eigenvalue weighted by Crippen LogP contribution is 2.25. The van der Waals surface area contributed by atoms with Crippen LogP contribution < -0.4 is 5.32 Å². The molecule has 0 saturated carbocycles. The van der Waals surface area contributed by atoms with Crippen molar-refractivity contribution in [2.45, 2.75) is 44.0 Å². The third-order valence-corrected chi connectivity index (χ3v) is 5.63. The van der Waals surface area contributed by atoms with Crippen molar-refractivity contribution in [2.24, 2.45) is 0 Å². The molecule has 1 heterocycles. The van der Waals surface area contributed by atoms with Gasteiger partial charge in [0.2, 0.25) is 0 Å². The lowest BCUT2D eigenvalue weighted by atomic mass is 10.0. The fourth-order valence-electron chi connectivity index (χ4n) is 2.75. The van der Waals surface area contributed by atoms with E-state index in [2.05, 4.69) is 19.2 Å². The number of aliphatic hydroxyl groups is 1. The SMILES string of the molecule is CC1SCCN(C(=O)NC(CCCO)c2ccccc2)C1C. The largest absolute Gasteiger partial charge is 0.396 e. The number of benzene rings is 1. The molecule has 3 unspecified atom stereocenters. The highest BCUT2D eigenvalue weighted by atomic mass is 32.2. The number of hydrogen-bond donors (Lipinski definition) is 2. The van der Waals surface area contributed by atoms with Gasteiger partial charge in [0.25, 0.3) is 0 Å². The van der Waals surface area contributed by atoms with Crippen molar-refractivity contribution in [3.63, 3.8) is 0 Å². The van der Waals surface area contributed by atoms with Crippen LogP contribution >= 0.6 is 11.8 Å². The Morgan fingerprint density at radius 2 is 2.14 bits per heavy atom. The first-order valence-electron chi connectivity index (χ1n) is 7.98.